The van der Waals surface area contributed by atoms with Crippen molar-refractivity contribution in [1.82, 2.24) is 20.1 Å². The van der Waals surface area contributed by atoms with Crippen LogP contribution in [0.15, 0.2) is 30.5 Å². The normalized spacial score (nSPS) is 21.7. The molecular weight excluding hydrogens is 483 g/mol. The second kappa shape index (κ2) is 9.91. The van der Waals surface area contributed by atoms with E-state index in [9.17, 15) is 18.8 Å². The summed E-state index contributed by atoms with van der Waals surface area (Å²) >= 11 is 1.95. The quantitative estimate of drug-likeness (QED) is 0.487. The van der Waals surface area contributed by atoms with Crippen molar-refractivity contribution in [2.24, 2.45) is 5.41 Å². The number of amides is 3. The first-order valence-corrected chi connectivity index (χ1v) is 12.8. The maximum absolute atomic E-state index is 14.8. The molecule has 0 saturated carbocycles. The van der Waals surface area contributed by atoms with Gasteiger partial charge in [0.2, 0.25) is 11.8 Å². The Hall–Kier alpha value is -3.42. The molecule has 2 saturated heterocycles. The molecule has 0 spiro atoms. The van der Waals surface area contributed by atoms with Crippen molar-refractivity contribution in [2.75, 3.05) is 38.2 Å². The van der Waals surface area contributed by atoms with Crippen LogP contribution in [-0.4, -0.2) is 70.8 Å². The number of hydrogen-bond donors (Lipinski definition) is 1. The van der Waals surface area contributed by atoms with Crippen molar-refractivity contribution in [3.63, 3.8) is 0 Å². The number of methoxy groups -OCH3 is 1. The Bertz CT molecular complexity index is 1280. The van der Waals surface area contributed by atoms with E-state index in [2.05, 4.69) is 27.0 Å². The van der Waals surface area contributed by atoms with Gasteiger partial charge in [-0.3, -0.25) is 29.6 Å². The number of carbonyl (C=O) groups is 3. The Morgan fingerprint density at radius 3 is 2.67 bits per heavy atom. The van der Waals surface area contributed by atoms with Crippen molar-refractivity contribution in [3.05, 3.63) is 58.7 Å². The zero-order valence-electron chi connectivity index (χ0n) is 19.8. The third kappa shape index (κ3) is 4.68. The second-order valence-corrected chi connectivity index (χ2v) is 10.3. The van der Waals surface area contributed by atoms with Gasteiger partial charge in [-0.25, -0.2) is 4.39 Å². The van der Waals surface area contributed by atoms with Crippen molar-refractivity contribution < 1.29 is 23.5 Å². The van der Waals surface area contributed by atoms with Crippen LogP contribution in [0.25, 0.3) is 0 Å². The number of pyridine rings is 1. The van der Waals surface area contributed by atoms with Crippen LogP contribution in [0.5, 0.6) is 5.75 Å². The highest BCUT2D eigenvalue weighted by Gasteiger charge is 2.49. The number of carbonyl (C=O) groups excluding carboxylic acids is 3. The minimum absolute atomic E-state index is 0.0256. The maximum atomic E-state index is 14.8. The Morgan fingerprint density at radius 1 is 1.19 bits per heavy atom. The lowest BCUT2D eigenvalue weighted by molar-refractivity contribution is -0.127. The van der Waals surface area contributed by atoms with Crippen LogP contribution in [0, 0.1) is 23.1 Å². The van der Waals surface area contributed by atoms with Gasteiger partial charge in [-0.05, 0) is 23.8 Å². The number of halogens is 1. The summed E-state index contributed by atoms with van der Waals surface area (Å²) in [6.45, 7) is 2.83. The van der Waals surface area contributed by atoms with Crippen LogP contribution in [0.2, 0.25) is 0 Å². The Kier molecular flexibility index (Phi) is 6.69. The Morgan fingerprint density at radius 2 is 2.00 bits per heavy atom. The summed E-state index contributed by atoms with van der Waals surface area (Å²) in [6.07, 6.45) is 1.48. The lowest BCUT2D eigenvalue weighted by Gasteiger charge is -2.26. The van der Waals surface area contributed by atoms with Crippen molar-refractivity contribution in [2.45, 2.75) is 19.5 Å². The van der Waals surface area contributed by atoms with E-state index >= 15 is 0 Å². The van der Waals surface area contributed by atoms with Gasteiger partial charge in [0.05, 0.1) is 24.8 Å². The zero-order chi connectivity index (χ0) is 25.3. The molecule has 5 rings (SSSR count). The Balaban J connectivity index is 1.36. The summed E-state index contributed by atoms with van der Waals surface area (Å²) in [5.41, 5.74) is 0.534. The van der Waals surface area contributed by atoms with Gasteiger partial charge in [-0.1, -0.05) is 17.9 Å². The van der Waals surface area contributed by atoms with Crippen LogP contribution >= 0.6 is 11.8 Å². The fraction of sp³-hybridized carbons (Fsp3) is 0.385. The molecule has 3 amide bonds. The number of thioether (sulfide) groups is 1. The minimum atomic E-state index is -1.43. The molecule has 8 nitrogen and oxygen atoms in total. The van der Waals surface area contributed by atoms with Crippen molar-refractivity contribution in [3.8, 4) is 17.6 Å². The first kappa shape index (κ1) is 24.3. The summed E-state index contributed by atoms with van der Waals surface area (Å²) in [7, 11) is 1.33. The first-order valence-electron chi connectivity index (χ1n) is 11.7. The van der Waals surface area contributed by atoms with Crippen molar-refractivity contribution >= 4 is 29.5 Å². The molecule has 4 heterocycles. The predicted molar refractivity (Wildman–Crippen MR) is 132 cm³/mol. The smallest absolute Gasteiger partial charge is 0.257 e. The highest BCUT2D eigenvalue weighted by molar-refractivity contribution is 7.99. The number of nitrogens with zero attached hydrogens (tertiary/aromatic N) is 3. The summed E-state index contributed by atoms with van der Waals surface area (Å²) in [5.74, 6) is 5.84. The highest BCUT2D eigenvalue weighted by Crippen LogP contribution is 2.35. The summed E-state index contributed by atoms with van der Waals surface area (Å²) in [4.78, 5) is 46.2. The average Bonchev–Trinajstić information content (AvgIpc) is 3.34. The number of imide groups is 1. The van der Waals surface area contributed by atoms with Crippen LogP contribution in [0.3, 0.4) is 0 Å². The molecule has 2 aromatic rings. The van der Waals surface area contributed by atoms with Crippen LogP contribution in [-0.2, 0) is 22.7 Å². The van der Waals surface area contributed by atoms with E-state index in [1.807, 2.05) is 23.9 Å². The van der Waals surface area contributed by atoms with Gasteiger partial charge in [0.25, 0.3) is 5.91 Å². The molecule has 1 aromatic heterocycles. The van der Waals surface area contributed by atoms with Gasteiger partial charge in [0.1, 0.15) is 5.41 Å². The van der Waals surface area contributed by atoms with E-state index in [1.165, 1.54) is 18.1 Å². The lowest BCUT2D eigenvalue weighted by Crippen LogP contribution is -2.42. The van der Waals surface area contributed by atoms with E-state index in [1.54, 1.807) is 12.3 Å². The second-order valence-electron chi connectivity index (χ2n) is 9.09. The van der Waals surface area contributed by atoms with Gasteiger partial charge in [-0.15, -0.1) is 0 Å². The summed E-state index contributed by atoms with van der Waals surface area (Å²) in [5, 5.41) is 2.30. The van der Waals surface area contributed by atoms with Crippen LogP contribution < -0.4 is 10.1 Å². The number of nitrogens with one attached hydrogen (secondary N) is 1. The Labute approximate surface area is 212 Å². The van der Waals surface area contributed by atoms with Crippen LogP contribution in [0.1, 0.15) is 33.6 Å². The molecule has 1 N–H and O–H groups in total. The fourth-order valence-electron chi connectivity index (χ4n) is 4.69. The number of aromatic nitrogens is 1. The third-order valence-corrected chi connectivity index (χ3v) is 7.59. The lowest BCUT2D eigenvalue weighted by atomic mass is 9.85. The molecule has 186 valence electrons. The average molecular weight is 509 g/mol. The SMILES string of the molecule is COc1ccc2c(c1F)C(=O)N(C[C@@]1(C#Cc3ccc(CN4CCSCC4)nc3)CC(=O)NC1=O)C2. The van der Waals surface area contributed by atoms with E-state index in [0.717, 1.165) is 36.8 Å². The number of benzene rings is 1. The van der Waals surface area contributed by atoms with Gasteiger partial charge < -0.3 is 9.64 Å². The van der Waals surface area contributed by atoms with Gasteiger partial charge in [0, 0.05) is 56.0 Å². The molecule has 1 aromatic carbocycles. The van der Waals surface area contributed by atoms with E-state index in [-0.39, 0.29) is 30.8 Å². The standard InChI is InChI=1S/C26H25FN4O4S/c1-35-20-5-3-18-14-31(24(33)22(18)23(20)27)16-26(12-21(32)29-25(26)34)7-6-17-2-4-19(28-13-17)15-30-8-10-36-11-9-30/h2-5,13H,8-12,14-16H2,1H3,(H,29,32,34)/t26-/m1/s1. The largest absolute Gasteiger partial charge is 0.494 e. The monoisotopic (exact) mass is 508 g/mol. The molecule has 0 unspecified atom stereocenters. The van der Waals surface area contributed by atoms with Crippen molar-refractivity contribution in [1.29, 1.82) is 0 Å². The number of ether oxygens (including phenoxy) is 1. The molecule has 3 aliphatic heterocycles. The maximum Gasteiger partial charge on any atom is 0.257 e. The third-order valence-electron chi connectivity index (χ3n) is 6.65. The highest BCUT2D eigenvalue weighted by atomic mass is 32.2. The number of rotatable bonds is 5. The van der Waals surface area contributed by atoms with Gasteiger partial charge in [-0.2, -0.15) is 11.8 Å². The number of hydrogen-bond acceptors (Lipinski definition) is 7. The number of fused-ring (bicyclic) bond motifs is 1. The molecule has 36 heavy (non-hydrogen) atoms. The van der Waals surface area contributed by atoms with Crippen LogP contribution in [0.4, 0.5) is 4.39 Å². The topological polar surface area (TPSA) is 91.8 Å². The molecule has 0 bridgehead atoms. The molecule has 10 heteroatoms. The molecule has 2 fully saturated rings. The molecular formula is C26H25FN4O4S. The van der Waals surface area contributed by atoms with E-state index in [0.29, 0.717) is 11.1 Å². The fourth-order valence-corrected chi connectivity index (χ4v) is 5.67. The first-order chi connectivity index (χ1) is 17.4. The zero-order valence-corrected chi connectivity index (χ0v) is 20.6. The molecule has 3 aliphatic rings. The summed E-state index contributed by atoms with van der Waals surface area (Å²) < 4.78 is 19.7. The van der Waals surface area contributed by atoms with Gasteiger partial charge >= 0.3 is 0 Å². The molecule has 1 atom stereocenters. The van der Waals surface area contributed by atoms with E-state index in [4.69, 9.17) is 4.74 Å². The molecule has 0 aliphatic carbocycles. The summed E-state index contributed by atoms with van der Waals surface area (Å²) in [6, 6.07) is 6.85. The predicted octanol–water partition coefficient (Wildman–Crippen LogP) is 1.82. The molecule has 0 radical (unpaired) electrons. The van der Waals surface area contributed by atoms with E-state index < -0.39 is 29.0 Å². The van der Waals surface area contributed by atoms with Gasteiger partial charge in [0.15, 0.2) is 11.6 Å². The minimum Gasteiger partial charge on any atom is -0.494 e.